The summed E-state index contributed by atoms with van der Waals surface area (Å²) in [6.07, 6.45) is 15.0. The van der Waals surface area contributed by atoms with Gasteiger partial charge in [0, 0.05) is 33.0 Å². The number of thiazole rings is 1. The fraction of sp³-hybridized carbons (Fsp3) is 0.109. The van der Waals surface area contributed by atoms with Gasteiger partial charge in [0.25, 0.3) is 0 Å². The van der Waals surface area contributed by atoms with Gasteiger partial charge in [-0.3, -0.25) is 0 Å². The molecule has 2 aliphatic carbocycles. The molecule has 1 unspecified atom stereocenters. The first-order valence-corrected chi connectivity index (χ1v) is 24.8. The number of hydrogen-bond acceptors (Lipinski definition) is 3. The number of aryl methyl sites for hydroxylation is 1. The van der Waals surface area contributed by atoms with Crippen molar-refractivity contribution in [2.45, 2.75) is 44.6 Å². The third-order valence-electron chi connectivity index (χ3n) is 15.2. The van der Waals surface area contributed by atoms with Crippen LogP contribution in [0.15, 0.2) is 200 Å². The second-order valence-electron chi connectivity index (χ2n) is 19.3. The van der Waals surface area contributed by atoms with Gasteiger partial charge in [-0.05, 0) is 146 Å². The van der Waals surface area contributed by atoms with Crippen molar-refractivity contribution in [3.05, 3.63) is 228 Å². The Morgan fingerprint density at radius 1 is 0.559 bits per heavy atom. The van der Waals surface area contributed by atoms with Gasteiger partial charge < -0.3 is 9.47 Å². The van der Waals surface area contributed by atoms with E-state index in [9.17, 15) is 0 Å². The minimum Gasteiger partial charge on any atom is -0.333 e. The SMILES string of the molecule is CC1(C)c2ccccc2N(c2ccccc2)c2ccc(-c3ccc4c(c3)c3cc5sc(-c6ccccc6)nc5cc3n4C3C=CC(c4ccc5c6c(c7ccccc7c5c4)CCC=C6)=CC3)cc21. The van der Waals surface area contributed by atoms with Gasteiger partial charge in [0.05, 0.1) is 33.1 Å². The van der Waals surface area contributed by atoms with Crippen molar-refractivity contribution in [1.29, 1.82) is 0 Å². The van der Waals surface area contributed by atoms with E-state index in [1.54, 1.807) is 11.3 Å². The zero-order valence-corrected chi connectivity index (χ0v) is 38.9. The van der Waals surface area contributed by atoms with E-state index in [2.05, 4.69) is 230 Å². The average Bonchev–Trinajstić information content (AvgIpc) is 3.96. The Morgan fingerprint density at radius 2 is 1.28 bits per heavy atom. The molecule has 68 heavy (non-hydrogen) atoms. The maximum absolute atomic E-state index is 5.25. The molecule has 0 saturated heterocycles. The summed E-state index contributed by atoms with van der Waals surface area (Å²) >= 11 is 1.78. The van der Waals surface area contributed by atoms with Crippen molar-refractivity contribution in [3.63, 3.8) is 0 Å². The van der Waals surface area contributed by atoms with Crippen LogP contribution < -0.4 is 4.90 Å². The zero-order chi connectivity index (χ0) is 45.1. The standard InChI is InChI=1S/C64H47N3S/c1-64(2)55-23-13-14-24-59(55)67(45-17-7-4-8-18-45)60-34-29-44(37-56(60)64)43-28-33-58-53(36-43)54-38-62-57(65-63(68-62)41-15-5-3-6-16-41)39-61(54)66(58)46-30-25-40(26-31-46)42-27-32-51-49-21-10-9-19-47(49)48-20-11-12-22-50(48)52(51)35-42/h3-8,10-18,20-30,32-39,46H,9,19,31H2,1-2H3. The number of para-hydroxylation sites is 2. The first-order chi connectivity index (χ1) is 33.5. The van der Waals surface area contributed by atoms with Crippen LogP contribution in [0.3, 0.4) is 0 Å². The number of rotatable bonds is 5. The number of aromatic nitrogens is 2. The van der Waals surface area contributed by atoms with E-state index in [-0.39, 0.29) is 11.5 Å². The van der Waals surface area contributed by atoms with Crippen molar-refractivity contribution in [2.75, 3.05) is 4.90 Å². The lowest BCUT2D eigenvalue weighted by atomic mass is 9.73. The molecule has 2 aromatic heterocycles. The summed E-state index contributed by atoms with van der Waals surface area (Å²) in [5, 5.41) is 9.01. The van der Waals surface area contributed by atoms with Gasteiger partial charge in [-0.25, -0.2) is 4.98 Å². The molecule has 4 heteroatoms. The molecule has 9 aromatic carbocycles. The third-order valence-corrected chi connectivity index (χ3v) is 16.2. The predicted octanol–water partition coefficient (Wildman–Crippen LogP) is 17.7. The van der Waals surface area contributed by atoms with E-state index < -0.39 is 0 Å². The van der Waals surface area contributed by atoms with E-state index in [0.717, 1.165) is 35.4 Å². The highest BCUT2D eigenvalue weighted by molar-refractivity contribution is 7.21. The van der Waals surface area contributed by atoms with Crippen LogP contribution in [0.5, 0.6) is 0 Å². The van der Waals surface area contributed by atoms with E-state index in [0.29, 0.717) is 0 Å². The summed E-state index contributed by atoms with van der Waals surface area (Å²) in [5.74, 6) is 0. The lowest BCUT2D eigenvalue weighted by molar-refractivity contribution is 0.632. The highest BCUT2D eigenvalue weighted by Crippen LogP contribution is 2.53. The minimum atomic E-state index is -0.196. The molecule has 0 spiro atoms. The number of fused-ring (bicyclic) bond motifs is 12. The molecule has 0 bridgehead atoms. The molecule has 3 aliphatic rings. The van der Waals surface area contributed by atoms with Gasteiger partial charge in [0.2, 0.25) is 0 Å². The first kappa shape index (κ1) is 39.4. The average molecular weight is 890 g/mol. The van der Waals surface area contributed by atoms with Crippen LogP contribution >= 0.6 is 11.3 Å². The lowest BCUT2D eigenvalue weighted by Gasteiger charge is -2.42. The number of benzene rings is 9. The Morgan fingerprint density at radius 3 is 2.13 bits per heavy atom. The van der Waals surface area contributed by atoms with Crippen LogP contribution in [0.2, 0.25) is 0 Å². The second kappa shape index (κ2) is 15.1. The molecule has 0 radical (unpaired) electrons. The first-order valence-electron chi connectivity index (χ1n) is 24.0. The summed E-state index contributed by atoms with van der Waals surface area (Å²) in [6, 6.07) is 65.6. The van der Waals surface area contributed by atoms with Crippen LogP contribution in [-0.4, -0.2) is 9.55 Å². The van der Waals surface area contributed by atoms with Gasteiger partial charge >= 0.3 is 0 Å². The van der Waals surface area contributed by atoms with E-state index in [1.807, 2.05) is 0 Å². The molecule has 0 saturated carbocycles. The van der Waals surface area contributed by atoms with Gasteiger partial charge in [-0.1, -0.05) is 159 Å². The molecule has 14 rings (SSSR count). The molecule has 0 N–H and O–H groups in total. The number of hydrogen-bond donors (Lipinski definition) is 0. The number of anilines is 3. The summed E-state index contributed by atoms with van der Waals surface area (Å²) in [4.78, 5) is 7.68. The summed E-state index contributed by atoms with van der Waals surface area (Å²) in [6.45, 7) is 4.75. The molecule has 3 nitrogen and oxygen atoms in total. The van der Waals surface area contributed by atoms with Crippen LogP contribution in [-0.2, 0) is 11.8 Å². The summed E-state index contributed by atoms with van der Waals surface area (Å²) < 4.78 is 3.79. The predicted molar refractivity (Wildman–Crippen MR) is 290 cm³/mol. The summed E-state index contributed by atoms with van der Waals surface area (Å²) in [7, 11) is 0. The maximum Gasteiger partial charge on any atom is 0.124 e. The summed E-state index contributed by atoms with van der Waals surface area (Å²) in [5.41, 5.74) is 18.6. The fourth-order valence-corrected chi connectivity index (χ4v) is 12.8. The minimum absolute atomic E-state index is 0.140. The van der Waals surface area contributed by atoms with Crippen LogP contribution in [0.25, 0.3) is 86.9 Å². The molecule has 1 atom stereocenters. The van der Waals surface area contributed by atoms with Gasteiger partial charge in [-0.2, -0.15) is 0 Å². The Kier molecular flexibility index (Phi) is 8.75. The molecular weight excluding hydrogens is 843 g/mol. The van der Waals surface area contributed by atoms with Crippen LogP contribution in [0.4, 0.5) is 17.1 Å². The third kappa shape index (κ3) is 6.00. The van der Waals surface area contributed by atoms with Crippen molar-refractivity contribution in [3.8, 4) is 21.7 Å². The van der Waals surface area contributed by atoms with E-state index in [4.69, 9.17) is 4.98 Å². The fourth-order valence-electron chi connectivity index (χ4n) is 11.8. The molecule has 11 aromatic rings. The monoisotopic (exact) mass is 889 g/mol. The van der Waals surface area contributed by atoms with Gasteiger partial charge in [-0.15, -0.1) is 11.3 Å². The largest absolute Gasteiger partial charge is 0.333 e. The Labute approximate surface area is 400 Å². The lowest BCUT2D eigenvalue weighted by Crippen LogP contribution is -2.30. The van der Waals surface area contributed by atoms with Crippen LogP contribution in [0.1, 0.15) is 60.5 Å². The molecule has 0 amide bonds. The van der Waals surface area contributed by atoms with Crippen LogP contribution in [0, 0.1) is 0 Å². The quantitative estimate of drug-likeness (QED) is 0.161. The number of nitrogens with zero attached hydrogens (tertiary/aromatic N) is 3. The van der Waals surface area contributed by atoms with Crippen molar-refractivity contribution in [1.82, 2.24) is 9.55 Å². The van der Waals surface area contributed by atoms with Gasteiger partial charge in [0.1, 0.15) is 5.01 Å². The normalized spacial score (nSPS) is 16.1. The molecule has 1 aliphatic heterocycles. The number of allylic oxidation sites excluding steroid dienone is 5. The smallest absolute Gasteiger partial charge is 0.124 e. The van der Waals surface area contributed by atoms with E-state index in [1.165, 1.54) is 110 Å². The molecule has 324 valence electrons. The Hall–Kier alpha value is -7.79. The van der Waals surface area contributed by atoms with E-state index >= 15 is 0 Å². The Bertz CT molecular complexity index is 3980. The Balaban J connectivity index is 0.891. The van der Waals surface area contributed by atoms with Crippen molar-refractivity contribution >= 4 is 93.6 Å². The second-order valence-corrected chi connectivity index (χ2v) is 20.4. The van der Waals surface area contributed by atoms with Gasteiger partial charge in [0.15, 0.2) is 0 Å². The molecular formula is C64H47N3S. The zero-order valence-electron chi connectivity index (χ0n) is 38.1. The maximum atomic E-state index is 5.25. The highest BCUT2D eigenvalue weighted by atomic mass is 32.1. The molecule has 3 heterocycles. The van der Waals surface area contributed by atoms with Crippen molar-refractivity contribution in [2.24, 2.45) is 0 Å². The van der Waals surface area contributed by atoms with Crippen molar-refractivity contribution < 1.29 is 0 Å². The topological polar surface area (TPSA) is 21.1 Å². The molecule has 0 fully saturated rings. The highest BCUT2D eigenvalue weighted by Gasteiger charge is 2.37.